The lowest BCUT2D eigenvalue weighted by Crippen LogP contribution is -2.35. The molecule has 0 fully saturated rings. The zero-order chi connectivity index (χ0) is 20.0. The Hall–Kier alpha value is -1.84. The number of amides is 3. The van der Waals surface area contributed by atoms with Crippen LogP contribution in [0.4, 0.5) is 4.79 Å². The highest BCUT2D eigenvalue weighted by Crippen LogP contribution is 2.30. The number of nitriles is 1. The van der Waals surface area contributed by atoms with Crippen molar-refractivity contribution in [3.8, 4) is 11.8 Å². The number of hydrogen-bond acceptors (Lipinski definition) is 4. The Morgan fingerprint density at radius 1 is 1.22 bits per heavy atom. The van der Waals surface area contributed by atoms with Crippen LogP contribution in [0, 0.1) is 18.5 Å². The largest absolute Gasteiger partial charge is 0.487 e. The first-order valence-electron chi connectivity index (χ1n) is 7.39. The molecule has 2 rings (SSSR count). The standard InChI is InChI=1S/C18H12ClI2N3O3/c19-13-3-1-10(2-4-13)9-27-16-14(20)6-11(7-15(16)21)5-12(8-22)17(25)24-18(23)26/h1-7H,9H2,(H3,23,24,25,26)/b12-5-. The molecule has 0 aliphatic rings. The van der Waals surface area contributed by atoms with Crippen LogP contribution in [-0.2, 0) is 11.4 Å². The number of primary amides is 1. The molecule has 2 aromatic rings. The number of hydrogen-bond donors (Lipinski definition) is 2. The van der Waals surface area contributed by atoms with Gasteiger partial charge in [0.05, 0.1) is 7.14 Å². The van der Waals surface area contributed by atoms with Gasteiger partial charge in [0, 0.05) is 5.02 Å². The van der Waals surface area contributed by atoms with E-state index in [1.807, 2.05) is 17.4 Å². The fraction of sp³-hybridized carbons (Fsp3) is 0.0556. The van der Waals surface area contributed by atoms with Crippen molar-refractivity contribution in [3.63, 3.8) is 0 Å². The van der Waals surface area contributed by atoms with E-state index in [0.29, 0.717) is 22.9 Å². The third kappa shape index (κ3) is 6.37. The molecule has 0 radical (unpaired) electrons. The van der Waals surface area contributed by atoms with E-state index in [2.05, 4.69) is 45.2 Å². The molecule has 9 heteroatoms. The normalized spacial score (nSPS) is 10.8. The molecule has 3 amide bonds. The second-order valence-electron chi connectivity index (χ2n) is 5.22. The van der Waals surface area contributed by atoms with Crippen LogP contribution in [0.1, 0.15) is 11.1 Å². The average molecular weight is 608 g/mol. The second kappa shape index (κ2) is 9.91. The summed E-state index contributed by atoms with van der Waals surface area (Å²) in [5.41, 5.74) is 6.28. The lowest BCUT2D eigenvalue weighted by atomic mass is 10.1. The van der Waals surface area contributed by atoms with E-state index in [4.69, 9.17) is 27.3 Å². The fourth-order valence-electron chi connectivity index (χ4n) is 2.03. The van der Waals surface area contributed by atoms with Gasteiger partial charge in [-0.1, -0.05) is 23.7 Å². The van der Waals surface area contributed by atoms with Crippen LogP contribution in [0.25, 0.3) is 6.08 Å². The van der Waals surface area contributed by atoms with Crippen LogP contribution >= 0.6 is 56.8 Å². The molecule has 0 aliphatic heterocycles. The molecule has 0 spiro atoms. The molecule has 0 bridgehead atoms. The Balaban J connectivity index is 2.21. The summed E-state index contributed by atoms with van der Waals surface area (Å²) < 4.78 is 7.52. The van der Waals surface area contributed by atoms with Crippen molar-refractivity contribution >= 4 is 74.8 Å². The summed E-state index contributed by atoms with van der Waals surface area (Å²) in [5.74, 6) is -0.151. The lowest BCUT2D eigenvalue weighted by Gasteiger charge is -2.12. The van der Waals surface area contributed by atoms with Gasteiger partial charge in [0.2, 0.25) is 0 Å². The van der Waals surface area contributed by atoms with Crippen molar-refractivity contribution in [2.45, 2.75) is 6.61 Å². The molecular weight excluding hydrogens is 595 g/mol. The number of imide groups is 1. The van der Waals surface area contributed by atoms with E-state index in [0.717, 1.165) is 12.7 Å². The number of benzene rings is 2. The van der Waals surface area contributed by atoms with E-state index in [-0.39, 0.29) is 5.57 Å². The minimum atomic E-state index is -1.02. The minimum Gasteiger partial charge on any atom is -0.487 e. The molecule has 3 N–H and O–H groups in total. The van der Waals surface area contributed by atoms with Gasteiger partial charge in [-0.05, 0) is 86.7 Å². The SMILES string of the molecule is N#C/C(=C/c1cc(I)c(OCc2ccc(Cl)cc2)c(I)c1)C(=O)NC(N)=O. The van der Waals surface area contributed by atoms with Crippen LogP contribution in [0.3, 0.4) is 0 Å². The van der Waals surface area contributed by atoms with Crippen LogP contribution in [-0.4, -0.2) is 11.9 Å². The van der Waals surface area contributed by atoms with Gasteiger partial charge in [-0.2, -0.15) is 5.26 Å². The first kappa shape index (κ1) is 21.5. The van der Waals surface area contributed by atoms with Gasteiger partial charge < -0.3 is 10.5 Å². The van der Waals surface area contributed by atoms with Crippen molar-refractivity contribution in [2.75, 3.05) is 0 Å². The summed E-state index contributed by atoms with van der Waals surface area (Å²) in [6.07, 6.45) is 1.38. The molecule has 27 heavy (non-hydrogen) atoms. The number of carbonyl (C=O) groups is 2. The van der Waals surface area contributed by atoms with Crippen molar-refractivity contribution in [3.05, 3.63) is 65.3 Å². The summed E-state index contributed by atoms with van der Waals surface area (Å²) in [6.45, 7) is 0.378. The topological polar surface area (TPSA) is 105 Å². The van der Waals surface area contributed by atoms with E-state index in [9.17, 15) is 9.59 Å². The maximum absolute atomic E-state index is 11.8. The van der Waals surface area contributed by atoms with Gasteiger partial charge in [0.25, 0.3) is 5.91 Å². The molecule has 0 heterocycles. The Morgan fingerprint density at radius 2 is 1.81 bits per heavy atom. The number of nitrogens with one attached hydrogen (secondary N) is 1. The van der Waals surface area contributed by atoms with Crippen molar-refractivity contribution in [1.82, 2.24) is 5.32 Å². The summed E-state index contributed by atoms with van der Waals surface area (Å²) in [4.78, 5) is 22.5. The smallest absolute Gasteiger partial charge is 0.319 e. The van der Waals surface area contributed by atoms with E-state index >= 15 is 0 Å². The van der Waals surface area contributed by atoms with E-state index in [1.165, 1.54) is 6.08 Å². The molecule has 2 aromatic carbocycles. The highest BCUT2D eigenvalue weighted by Gasteiger charge is 2.13. The van der Waals surface area contributed by atoms with Crippen LogP contribution in [0.5, 0.6) is 5.75 Å². The van der Waals surface area contributed by atoms with Crippen LogP contribution in [0.2, 0.25) is 5.02 Å². The monoisotopic (exact) mass is 607 g/mol. The van der Waals surface area contributed by atoms with Gasteiger partial charge in [0.1, 0.15) is 24.0 Å². The molecule has 0 aliphatic carbocycles. The lowest BCUT2D eigenvalue weighted by molar-refractivity contribution is -0.115. The van der Waals surface area contributed by atoms with Crippen molar-refractivity contribution in [1.29, 1.82) is 5.26 Å². The third-order valence-electron chi connectivity index (χ3n) is 3.23. The van der Waals surface area contributed by atoms with E-state index < -0.39 is 11.9 Å². The highest BCUT2D eigenvalue weighted by molar-refractivity contribution is 14.1. The number of nitrogens with two attached hydrogens (primary N) is 1. The summed E-state index contributed by atoms with van der Waals surface area (Å²) in [7, 11) is 0. The number of rotatable bonds is 5. The first-order chi connectivity index (χ1) is 12.8. The number of urea groups is 1. The van der Waals surface area contributed by atoms with E-state index in [1.54, 1.807) is 30.3 Å². The second-order valence-corrected chi connectivity index (χ2v) is 7.98. The fourth-order valence-corrected chi connectivity index (χ4v) is 4.29. The predicted octanol–water partition coefficient (Wildman–Crippen LogP) is 4.23. The number of halogens is 3. The molecule has 138 valence electrons. The quantitative estimate of drug-likeness (QED) is 0.302. The Labute approximate surface area is 188 Å². The maximum atomic E-state index is 11.8. The average Bonchev–Trinajstić information content (AvgIpc) is 2.59. The number of carbonyl (C=O) groups excluding carboxylic acids is 2. The van der Waals surface area contributed by atoms with Gasteiger partial charge in [-0.3, -0.25) is 10.1 Å². The third-order valence-corrected chi connectivity index (χ3v) is 5.08. The first-order valence-corrected chi connectivity index (χ1v) is 9.92. The molecule has 0 unspecified atom stereocenters. The Morgan fingerprint density at radius 3 is 2.33 bits per heavy atom. The van der Waals surface area contributed by atoms with Crippen molar-refractivity contribution in [2.24, 2.45) is 5.73 Å². The van der Waals surface area contributed by atoms with Gasteiger partial charge in [-0.15, -0.1) is 0 Å². The zero-order valence-electron chi connectivity index (χ0n) is 13.6. The molecular formula is C18H12ClI2N3O3. The van der Waals surface area contributed by atoms with Crippen LogP contribution < -0.4 is 15.8 Å². The minimum absolute atomic E-state index is 0.227. The summed E-state index contributed by atoms with van der Waals surface area (Å²) in [5, 5.41) is 11.7. The molecule has 0 atom stereocenters. The summed E-state index contributed by atoms with van der Waals surface area (Å²) >= 11 is 10.1. The summed E-state index contributed by atoms with van der Waals surface area (Å²) in [6, 6.07) is 11.6. The Kier molecular flexibility index (Phi) is 7.88. The molecule has 6 nitrogen and oxygen atoms in total. The van der Waals surface area contributed by atoms with Gasteiger partial charge in [0.15, 0.2) is 0 Å². The highest BCUT2D eigenvalue weighted by atomic mass is 127. The van der Waals surface area contributed by atoms with Crippen LogP contribution in [0.15, 0.2) is 42.0 Å². The number of nitrogens with zero attached hydrogens (tertiary/aromatic N) is 1. The van der Waals surface area contributed by atoms with Gasteiger partial charge in [-0.25, -0.2) is 4.79 Å². The molecule has 0 aromatic heterocycles. The van der Waals surface area contributed by atoms with Gasteiger partial charge >= 0.3 is 6.03 Å². The zero-order valence-corrected chi connectivity index (χ0v) is 18.7. The predicted molar refractivity (Wildman–Crippen MR) is 119 cm³/mol. The molecule has 0 saturated heterocycles. The molecule has 0 saturated carbocycles. The maximum Gasteiger partial charge on any atom is 0.319 e. The van der Waals surface area contributed by atoms with Crippen molar-refractivity contribution < 1.29 is 14.3 Å². The number of ether oxygens (including phenoxy) is 1. The Bertz CT molecular complexity index is 930.